The number of aromatic nitrogens is 4. The monoisotopic (exact) mass is 274 g/mol. The zero-order chi connectivity index (χ0) is 13.2. The molecule has 0 spiro atoms. The Hall–Kier alpha value is -1.66. The fraction of sp³-hybridized carbons (Fsp3) is 0.308. The van der Waals surface area contributed by atoms with Crippen molar-refractivity contribution in [2.75, 3.05) is 12.4 Å². The molecular weight excluding hydrogens is 260 g/mol. The predicted octanol–water partition coefficient (Wildman–Crippen LogP) is 2.06. The number of aliphatic hydroxyl groups excluding tert-OH is 1. The SMILES string of the molecule is Cc1nc2c3ccccc3nc(SCCCO)n2n1. The lowest BCUT2D eigenvalue weighted by Crippen LogP contribution is -1.99. The first-order valence-corrected chi connectivity index (χ1v) is 7.14. The second-order valence-electron chi connectivity index (χ2n) is 4.23. The highest BCUT2D eigenvalue weighted by Gasteiger charge is 2.11. The molecule has 0 atom stereocenters. The summed E-state index contributed by atoms with van der Waals surface area (Å²) in [5.41, 5.74) is 1.77. The Kier molecular flexibility index (Phi) is 3.35. The first-order valence-electron chi connectivity index (χ1n) is 6.15. The zero-order valence-corrected chi connectivity index (χ0v) is 11.4. The Bertz CT molecular complexity index is 725. The Balaban J connectivity index is 2.17. The molecule has 0 unspecified atom stereocenters. The highest BCUT2D eigenvalue weighted by Crippen LogP contribution is 2.23. The largest absolute Gasteiger partial charge is 0.396 e. The number of fused-ring (bicyclic) bond motifs is 3. The minimum absolute atomic E-state index is 0.195. The summed E-state index contributed by atoms with van der Waals surface area (Å²) in [6, 6.07) is 7.94. The Labute approximate surface area is 114 Å². The van der Waals surface area contributed by atoms with E-state index in [0.717, 1.165) is 39.7 Å². The van der Waals surface area contributed by atoms with Crippen molar-refractivity contribution in [3.8, 4) is 0 Å². The van der Waals surface area contributed by atoms with E-state index in [1.54, 1.807) is 16.3 Å². The molecule has 6 heteroatoms. The first kappa shape index (κ1) is 12.4. The number of nitrogens with zero attached hydrogens (tertiary/aromatic N) is 4. The minimum atomic E-state index is 0.195. The van der Waals surface area contributed by atoms with Crippen molar-refractivity contribution in [2.24, 2.45) is 0 Å². The van der Waals surface area contributed by atoms with Gasteiger partial charge in [-0.25, -0.2) is 9.97 Å². The maximum Gasteiger partial charge on any atom is 0.191 e. The first-order chi connectivity index (χ1) is 9.29. The van der Waals surface area contributed by atoms with E-state index in [4.69, 9.17) is 5.11 Å². The average Bonchev–Trinajstić information content (AvgIpc) is 2.81. The highest BCUT2D eigenvalue weighted by atomic mass is 32.2. The predicted molar refractivity (Wildman–Crippen MR) is 75.5 cm³/mol. The maximum atomic E-state index is 8.86. The summed E-state index contributed by atoms with van der Waals surface area (Å²) in [7, 11) is 0. The van der Waals surface area contributed by atoms with Crippen molar-refractivity contribution in [1.29, 1.82) is 0 Å². The third-order valence-corrected chi connectivity index (χ3v) is 3.80. The van der Waals surface area contributed by atoms with Gasteiger partial charge in [0.1, 0.15) is 5.82 Å². The lowest BCUT2D eigenvalue weighted by atomic mass is 10.2. The van der Waals surface area contributed by atoms with E-state index in [1.165, 1.54) is 0 Å². The van der Waals surface area contributed by atoms with Crippen LogP contribution in [0.5, 0.6) is 0 Å². The van der Waals surface area contributed by atoms with Gasteiger partial charge in [0.15, 0.2) is 10.8 Å². The van der Waals surface area contributed by atoms with Gasteiger partial charge < -0.3 is 5.11 Å². The van der Waals surface area contributed by atoms with Gasteiger partial charge in [0.2, 0.25) is 0 Å². The van der Waals surface area contributed by atoms with E-state index in [-0.39, 0.29) is 6.61 Å². The zero-order valence-electron chi connectivity index (χ0n) is 10.6. The molecule has 3 aromatic rings. The van der Waals surface area contributed by atoms with Crippen molar-refractivity contribution in [2.45, 2.75) is 18.5 Å². The van der Waals surface area contributed by atoms with Crippen LogP contribution in [0.1, 0.15) is 12.2 Å². The summed E-state index contributed by atoms with van der Waals surface area (Å²) >= 11 is 1.59. The van der Waals surface area contributed by atoms with Gasteiger partial charge in [-0.15, -0.1) is 5.10 Å². The van der Waals surface area contributed by atoms with Crippen LogP contribution in [-0.2, 0) is 0 Å². The number of aliphatic hydroxyl groups is 1. The number of aryl methyl sites for hydroxylation is 1. The lowest BCUT2D eigenvalue weighted by Gasteiger charge is -2.05. The van der Waals surface area contributed by atoms with Crippen LogP contribution in [0.2, 0.25) is 0 Å². The Morgan fingerprint density at radius 2 is 2.11 bits per heavy atom. The molecule has 0 saturated heterocycles. The van der Waals surface area contributed by atoms with Crippen molar-refractivity contribution < 1.29 is 5.11 Å². The average molecular weight is 274 g/mol. The molecule has 1 aromatic carbocycles. The van der Waals surface area contributed by atoms with Gasteiger partial charge in [-0.3, -0.25) is 0 Å². The smallest absolute Gasteiger partial charge is 0.191 e. The molecule has 0 aliphatic rings. The molecule has 1 N–H and O–H groups in total. The number of hydrogen-bond acceptors (Lipinski definition) is 5. The molecule has 0 amide bonds. The molecule has 0 bridgehead atoms. The molecule has 2 aromatic heterocycles. The van der Waals surface area contributed by atoms with E-state index in [2.05, 4.69) is 15.1 Å². The van der Waals surface area contributed by atoms with Gasteiger partial charge in [0, 0.05) is 17.7 Å². The fourth-order valence-electron chi connectivity index (χ4n) is 1.95. The molecule has 0 fully saturated rings. The summed E-state index contributed by atoms with van der Waals surface area (Å²) < 4.78 is 1.79. The molecular formula is C13H14N4OS. The summed E-state index contributed by atoms with van der Waals surface area (Å²) in [5.74, 6) is 1.55. The van der Waals surface area contributed by atoms with Gasteiger partial charge in [-0.2, -0.15) is 4.52 Å². The van der Waals surface area contributed by atoms with Crippen LogP contribution in [0.25, 0.3) is 16.6 Å². The van der Waals surface area contributed by atoms with Crippen LogP contribution < -0.4 is 0 Å². The Morgan fingerprint density at radius 3 is 2.95 bits per heavy atom. The standard InChI is InChI=1S/C13H14N4OS/c1-9-14-12-10-5-2-3-6-11(10)15-13(17(12)16-9)19-8-4-7-18/h2-3,5-6,18H,4,7-8H2,1H3. The summed E-state index contributed by atoms with van der Waals surface area (Å²) in [5, 5.41) is 15.1. The van der Waals surface area contributed by atoms with Crippen molar-refractivity contribution >= 4 is 28.3 Å². The van der Waals surface area contributed by atoms with Crippen LogP contribution in [0.15, 0.2) is 29.4 Å². The molecule has 3 rings (SSSR count). The minimum Gasteiger partial charge on any atom is -0.396 e. The number of thioether (sulfide) groups is 1. The summed E-state index contributed by atoms with van der Waals surface area (Å²) in [6.07, 6.45) is 0.744. The fourth-order valence-corrected chi connectivity index (χ4v) is 2.82. The van der Waals surface area contributed by atoms with E-state index in [0.29, 0.717) is 0 Å². The van der Waals surface area contributed by atoms with Gasteiger partial charge >= 0.3 is 0 Å². The lowest BCUT2D eigenvalue weighted by molar-refractivity contribution is 0.296. The van der Waals surface area contributed by atoms with Gasteiger partial charge in [-0.1, -0.05) is 23.9 Å². The second-order valence-corrected chi connectivity index (χ2v) is 5.29. The van der Waals surface area contributed by atoms with E-state index < -0.39 is 0 Å². The van der Waals surface area contributed by atoms with Gasteiger partial charge in [-0.05, 0) is 25.5 Å². The van der Waals surface area contributed by atoms with Crippen LogP contribution in [0.3, 0.4) is 0 Å². The molecule has 0 aliphatic heterocycles. The molecule has 0 saturated carbocycles. The van der Waals surface area contributed by atoms with E-state index in [9.17, 15) is 0 Å². The van der Waals surface area contributed by atoms with Crippen molar-refractivity contribution in [1.82, 2.24) is 19.6 Å². The molecule has 0 radical (unpaired) electrons. The molecule has 5 nitrogen and oxygen atoms in total. The maximum absolute atomic E-state index is 8.86. The highest BCUT2D eigenvalue weighted by molar-refractivity contribution is 7.99. The van der Waals surface area contributed by atoms with Crippen molar-refractivity contribution in [3.05, 3.63) is 30.1 Å². The third kappa shape index (κ3) is 2.29. The van der Waals surface area contributed by atoms with E-state index >= 15 is 0 Å². The topological polar surface area (TPSA) is 63.3 Å². The normalized spacial score (nSPS) is 11.5. The van der Waals surface area contributed by atoms with Gasteiger partial charge in [0.05, 0.1) is 5.52 Å². The quantitative estimate of drug-likeness (QED) is 0.448. The van der Waals surface area contributed by atoms with Crippen LogP contribution in [0.4, 0.5) is 0 Å². The van der Waals surface area contributed by atoms with Crippen LogP contribution in [0, 0.1) is 6.92 Å². The number of hydrogen-bond donors (Lipinski definition) is 1. The van der Waals surface area contributed by atoms with Crippen LogP contribution in [-0.4, -0.2) is 37.0 Å². The molecule has 2 heterocycles. The summed E-state index contributed by atoms with van der Waals surface area (Å²) in [6.45, 7) is 2.07. The van der Waals surface area contributed by atoms with Gasteiger partial charge in [0.25, 0.3) is 0 Å². The molecule has 0 aliphatic carbocycles. The molecule has 19 heavy (non-hydrogen) atoms. The van der Waals surface area contributed by atoms with E-state index in [1.807, 2.05) is 31.2 Å². The van der Waals surface area contributed by atoms with Crippen LogP contribution >= 0.6 is 11.8 Å². The number of rotatable bonds is 4. The third-order valence-electron chi connectivity index (χ3n) is 2.79. The number of para-hydroxylation sites is 1. The summed E-state index contributed by atoms with van der Waals surface area (Å²) in [4.78, 5) is 9.11. The van der Waals surface area contributed by atoms with Crippen molar-refractivity contribution in [3.63, 3.8) is 0 Å². The number of benzene rings is 1. The molecule has 98 valence electrons. The second kappa shape index (κ2) is 5.14. The Morgan fingerprint density at radius 1 is 1.26 bits per heavy atom.